The van der Waals surface area contributed by atoms with Crippen LogP contribution >= 0.6 is 0 Å². The molecule has 3 fully saturated rings. The number of alkyl carbamates (subject to hydrolysis) is 1. The van der Waals surface area contributed by atoms with Crippen molar-refractivity contribution in [2.75, 3.05) is 20.7 Å². The number of ketones is 2. The average molecular weight is 715 g/mol. The van der Waals surface area contributed by atoms with Gasteiger partial charge in [0.1, 0.15) is 23.9 Å². The van der Waals surface area contributed by atoms with Crippen molar-refractivity contribution in [3.63, 3.8) is 0 Å². The zero-order valence-electron chi connectivity index (χ0n) is 31.8. The number of aliphatic hydroxyl groups excluding tert-OH is 1. The van der Waals surface area contributed by atoms with Gasteiger partial charge >= 0.3 is 12.1 Å². The first-order valence-corrected chi connectivity index (χ1v) is 18.2. The van der Waals surface area contributed by atoms with Gasteiger partial charge in [-0.3, -0.25) is 14.4 Å². The second kappa shape index (κ2) is 16.7. The van der Waals surface area contributed by atoms with Gasteiger partial charge in [0.25, 0.3) is 0 Å². The molecule has 2 N–H and O–H groups in total. The molecule has 1 aromatic carbocycles. The topological polar surface area (TPSA) is 150 Å². The third kappa shape index (κ3) is 8.90. The lowest BCUT2D eigenvalue weighted by molar-refractivity contribution is -0.296. The van der Waals surface area contributed by atoms with E-state index >= 15 is 0 Å². The van der Waals surface area contributed by atoms with Crippen LogP contribution in [0.5, 0.6) is 0 Å². The van der Waals surface area contributed by atoms with Crippen molar-refractivity contribution >= 4 is 29.7 Å². The molecule has 0 bridgehead atoms. The molecule has 12 nitrogen and oxygen atoms in total. The Morgan fingerprint density at radius 1 is 1.00 bits per heavy atom. The number of hydrogen-bond acceptors (Lipinski definition) is 11. The minimum atomic E-state index is -1.36. The van der Waals surface area contributed by atoms with E-state index < -0.39 is 83.4 Å². The lowest BCUT2D eigenvalue weighted by Crippen LogP contribution is -2.60. The van der Waals surface area contributed by atoms with E-state index in [1.807, 2.05) is 68.4 Å². The van der Waals surface area contributed by atoms with Crippen molar-refractivity contribution in [3.8, 4) is 0 Å². The smallest absolute Gasteiger partial charge is 0.408 e. The highest BCUT2D eigenvalue weighted by molar-refractivity contribution is 6.00. The number of likely N-dealkylation sites (N-methyl/N-ethyl adjacent to an activating group) is 1. The van der Waals surface area contributed by atoms with Crippen LogP contribution in [0.4, 0.5) is 4.79 Å². The number of hydrogen-bond donors (Lipinski definition) is 2. The van der Waals surface area contributed by atoms with E-state index in [1.54, 1.807) is 41.5 Å². The number of nitrogens with zero attached hydrogens (tertiary/aromatic N) is 1. The summed E-state index contributed by atoms with van der Waals surface area (Å²) in [5.74, 6) is -5.01. The first kappa shape index (κ1) is 40.6. The molecule has 4 rings (SSSR count). The molecule has 51 heavy (non-hydrogen) atoms. The molecule has 0 aromatic heterocycles. The van der Waals surface area contributed by atoms with Crippen LogP contribution in [0.1, 0.15) is 80.2 Å². The van der Waals surface area contributed by atoms with Crippen LogP contribution in [0.2, 0.25) is 0 Å². The van der Waals surface area contributed by atoms with Gasteiger partial charge in [-0.25, -0.2) is 4.79 Å². The number of nitrogens with one attached hydrogen (secondary N) is 1. The molecule has 0 radical (unpaired) electrons. The Morgan fingerprint density at radius 3 is 2.29 bits per heavy atom. The fourth-order valence-electron chi connectivity index (χ4n) is 8.11. The summed E-state index contributed by atoms with van der Waals surface area (Å²) in [7, 11) is 3.74. The zero-order valence-corrected chi connectivity index (χ0v) is 31.8. The van der Waals surface area contributed by atoms with Crippen molar-refractivity contribution in [2.45, 2.75) is 129 Å². The Labute approximate surface area is 302 Å². The molecule has 284 valence electrons. The summed E-state index contributed by atoms with van der Waals surface area (Å²) in [5, 5.41) is 14.3. The lowest BCUT2D eigenvalue weighted by Gasteiger charge is -2.47. The highest BCUT2D eigenvalue weighted by atomic mass is 16.7. The maximum Gasteiger partial charge on any atom is 0.408 e. The van der Waals surface area contributed by atoms with E-state index in [0.717, 1.165) is 5.56 Å². The molecule has 0 aliphatic carbocycles. The number of esters is 1. The van der Waals surface area contributed by atoms with E-state index in [-0.39, 0.29) is 37.4 Å². The molecule has 3 aliphatic rings. The van der Waals surface area contributed by atoms with Crippen molar-refractivity contribution in [1.82, 2.24) is 10.2 Å². The SMILES string of the molecule is CC[C@H]1OC(=O)[C@H](C)C(=O)[C@H](C)[C@@H](O[C@@H]2O[C@H](C)C[C@H](N(C)C)[C@H]2O)[C@@](C)(OC/C=C/c2ccccc2)C[C@@H](C)C(=O)[C@H](C)[C@H]2NC(=O)O[C@@]21C. The van der Waals surface area contributed by atoms with Crippen LogP contribution in [-0.4, -0.2) is 108 Å². The van der Waals surface area contributed by atoms with E-state index in [1.165, 1.54) is 6.92 Å². The van der Waals surface area contributed by atoms with Crippen LogP contribution in [0.15, 0.2) is 36.4 Å². The predicted octanol–water partition coefficient (Wildman–Crippen LogP) is 4.56. The van der Waals surface area contributed by atoms with Gasteiger partial charge in [0.05, 0.1) is 30.5 Å². The fraction of sp³-hybridized carbons (Fsp3) is 0.692. The standard InChI is InChI=1S/C39H58N2O10/c1-11-29-39(8)33(40-37(46)51-39)24(4)30(42)22(2)21-38(7,47-19-15-18-27-16-13-12-14-17-27)34(25(5)31(43)26(6)35(45)49-29)50-36-32(44)28(41(9)10)20-23(3)48-36/h12-18,22-26,28-29,32-34,36,44H,11,19-21H2,1-10H3,(H,40,46)/b18-15+/t22-,23-,24+,25+,26-,28+,29-,32-,33-,34-,36+,38+,39-/m1/s1. The summed E-state index contributed by atoms with van der Waals surface area (Å²) in [5.41, 5.74) is -1.72. The van der Waals surface area contributed by atoms with Crippen LogP contribution in [0.25, 0.3) is 6.08 Å². The number of rotatable bonds is 8. The number of fused-ring (bicyclic) bond motifs is 1. The van der Waals surface area contributed by atoms with Crippen molar-refractivity contribution in [2.24, 2.45) is 23.7 Å². The van der Waals surface area contributed by atoms with Crippen LogP contribution in [0.3, 0.4) is 0 Å². The zero-order chi connectivity index (χ0) is 37.8. The van der Waals surface area contributed by atoms with E-state index in [4.69, 9.17) is 23.7 Å². The molecule has 3 aliphatic heterocycles. The van der Waals surface area contributed by atoms with Crippen molar-refractivity contribution in [1.29, 1.82) is 0 Å². The predicted molar refractivity (Wildman–Crippen MR) is 190 cm³/mol. The van der Waals surface area contributed by atoms with Gasteiger partial charge in [-0.05, 0) is 66.6 Å². The molecule has 1 aromatic rings. The molecule has 0 unspecified atom stereocenters. The van der Waals surface area contributed by atoms with Gasteiger partial charge in [-0.15, -0.1) is 0 Å². The Kier molecular flexibility index (Phi) is 13.3. The van der Waals surface area contributed by atoms with Gasteiger partial charge in [0.2, 0.25) is 0 Å². The largest absolute Gasteiger partial charge is 0.458 e. The minimum absolute atomic E-state index is 0.105. The van der Waals surface area contributed by atoms with Crippen molar-refractivity contribution in [3.05, 3.63) is 42.0 Å². The minimum Gasteiger partial charge on any atom is -0.458 e. The summed E-state index contributed by atoms with van der Waals surface area (Å²) in [6.07, 6.45) is -0.470. The third-order valence-corrected chi connectivity index (χ3v) is 11.1. The summed E-state index contributed by atoms with van der Waals surface area (Å²) in [6, 6.07) is 8.61. The maximum absolute atomic E-state index is 14.3. The summed E-state index contributed by atoms with van der Waals surface area (Å²) < 4.78 is 31.2. The number of cyclic esters (lactones) is 1. The van der Waals surface area contributed by atoms with Gasteiger partial charge < -0.3 is 39.0 Å². The molecule has 0 spiro atoms. The number of Topliss-reactive ketones (excluding diaryl/α,β-unsaturated/α-hetero) is 2. The molecular formula is C39H58N2O10. The molecule has 3 heterocycles. The fourth-order valence-corrected chi connectivity index (χ4v) is 8.11. The van der Waals surface area contributed by atoms with Gasteiger partial charge in [-0.2, -0.15) is 0 Å². The molecule has 3 saturated heterocycles. The van der Waals surface area contributed by atoms with Gasteiger partial charge in [-0.1, -0.05) is 70.2 Å². The normalized spacial score (nSPS) is 40.0. The van der Waals surface area contributed by atoms with Gasteiger partial charge in [0, 0.05) is 23.8 Å². The van der Waals surface area contributed by atoms with Gasteiger partial charge in [0.15, 0.2) is 17.7 Å². The molecule has 0 saturated carbocycles. The van der Waals surface area contributed by atoms with E-state index in [2.05, 4.69) is 5.32 Å². The number of carbonyl (C=O) groups is 4. The number of amides is 1. The van der Waals surface area contributed by atoms with Crippen molar-refractivity contribution < 1.29 is 48.0 Å². The number of carbonyl (C=O) groups excluding carboxylic acids is 4. The molecular weight excluding hydrogens is 656 g/mol. The van der Waals surface area contributed by atoms with Crippen LogP contribution in [-0.2, 0) is 38.1 Å². The van der Waals surface area contributed by atoms with E-state index in [0.29, 0.717) is 6.42 Å². The highest BCUT2D eigenvalue weighted by Crippen LogP contribution is 2.40. The summed E-state index contributed by atoms with van der Waals surface area (Å²) in [4.78, 5) is 56.9. The quantitative estimate of drug-likeness (QED) is 0.288. The third-order valence-electron chi connectivity index (χ3n) is 11.1. The van der Waals surface area contributed by atoms with Crippen LogP contribution < -0.4 is 5.32 Å². The second-order valence-corrected chi connectivity index (χ2v) is 15.3. The molecule has 12 heteroatoms. The first-order valence-electron chi connectivity index (χ1n) is 18.2. The average Bonchev–Trinajstić information content (AvgIpc) is 3.41. The first-order chi connectivity index (χ1) is 23.9. The highest BCUT2D eigenvalue weighted by Gasteiger charge is 2.57. The Morgan fingerprint density at radius 2 is 1.67 bits per heavy atom. The second-order valence-electron chi connectivity index (χ2n) is 15.3. The van der Waals surface area contributed by atoms with Crippen LogP contribution in [0, 0.1) is 23.7 Å². The monoisotopic (exact) mass is 714 g/mol. The molecule has 1 amide bonds. The number of aliphatic hydroxyl groups is 1. The van der Waals surface area contributed by atoms with E-state index in [9.17, 15) is 24.3 Å². The Balaban J connectivity index is 1.80. The summed E-state index contributed by atoms with van der Waals surface area (Å²) >= 11 is 0. The summed E-state index contributed by atoms with van der Waals surface area (Å²) in [6.45, 7) is 13.9. The Hall–Kier alpha value is -3.16. The number of ether oxygens (including phenoxy) is 5. The number of benzene rings is 1. The maximum atomic E-state index is 14.3. The lowest BCUT2D eigenvalue weighted by atomic mass is 9.73. The Bertz CT molecular complexity index is 1420. The molecule has 13 atom stereocenters.